The van der Waals surface area contributed by atoms with E-state index >= 15 is 0 Å². The van der Waals surface area contributed by atoms with Gasteiger partial charge in [-0.05, 0) is 17.5 Å². The number of nitriles is 1. The molecule has 0 saturated heterocycles. The maximum absolute atomic E-state index is 12.3. The monoisotopic (exact) mass is 311 g/mol. The van der Waals surface area contributed by atoms with Gasteiger partial charge in [-0.15, -0.1) is 0 Å². The van der Waals surface area contributed by atoms with Gasteiger partial charge in [0.2, 0.25) is 0 Å². The summed E-state index contributed by atoms with van der Waals surface area (Å²) in [5.74, 6) is -0.0102. The fourth-order valence-corrected chi connectivity index (χ4v) is 3.42. The van der Waals surface area contributed by atoms with E-state index in [1.807, 2.05) is 66.7 Å². The molecule has 4 heteroatoms. The highest BCUT2D eigenvalue weighted by atomic mass is 32.2. The Morgan fingerprint density at radius 1 is 0.955 bits per heavy atom. The number of nitrogens with zero attached hydrogens (tertiary/aromatic N) is 1. The molecule has 2 aromatic rings. The average Bonchev–Trinajstić information content (AvgIpc) is 2.54. The van der Waals surface area contributed by atoms with Gasteiger partial charge in [0.25, 0.3) is 0 Å². The summed E-state index contributed by atoms with van der Waals surface area (Å²) in [7, 11) is -3.36. The van der Waals surface area contributed by atoms with Gasteiger partial charge in [-0.25, -0.2) is 8.42 Å². The van der Waals surface area contributed by atoms with E-state index < -0.39 is 9.84 Å². The highest BCUT2D eigenvalue weighted by Gasteiger charge is 2.12. The van der Waals surface area contributed by atoms with E-state index in [0.29, 0.717) is 12.0 Å². The molecule has 0 amide bonds. The van der Waals surface area contributed by atoms with Crippen LogP contribution in [-0.2, 0) is 9.84 Å². The lowest BCUT2D eigenvalue weighted by Gasteiger charge is -2.09. The van der Waals surface area contributed by atoms with E-state index in [1.54, 1.807) is 0 Å². The summed E-state index contributed by atoms with van der Waals surface area (Å²) < 4.78 is 24.6. The first kappa shape index (κ1) is 16.0. The van der Waals surface area contributed by atoms with Crippen molar-refractivity contribution >= 4 is 15.4 Å². The predicted octanol–water partition coefficient (Wildman–Crippen LogP) is 3.79. The SMILES string of the molecule is N#CCCCS(=O)(=O)C=C(c1ccccc1)c1ccccc1. The fourth-order valence-electron chi connectivity index (χ4n) is 2.13. The first-order valence-corrected chi connectivity index (χ1v) is 8.76. The van der Waals surface area contributed by atoms with Crippen LogP contribution < -0.4 is 0 Å². The molecule has 0 saturated carbocycles. The second kappa shape index (κ2) is 7.58. The van der Waals surface area contributed by atoms with Crippen molar-refractivity contribution in [3.05, 3.63) is 77.2 Å². The van der Waals surface area contributed by atoms with E-state index in [-0.39, 0.29) is 12.2 Å². The molecule has 0 N–H and O–H groups in total. The Labute approximate surface area is 131 Å². The summed E-state index contributed by atoms with van der Waals surface area (Å²) in [5.41, 5.74) is 2.40. The molecule has 0 aliphatic carbocycles. The van der Waals surface area contributed by atoms with Crippen LogP contribution in [0.5, 0.6) is 0 Å². The number of sulfone groups is 1. The molecule has 0 aliphatic heterocycles. The third-order valence-corrected chi connectivity index (χ3v) is 4.64. The Balaban J connectivity index is 2.42. The largest absolute Gasteiger partial charge is 0.224 e. The molecule has 3 nitrogen and oxygen atoms in total. The summed E-state index contributed by atoms with van der Waals surface area (Å²) in [6, 6.07) is 20.9. The van der Waals surface area contributed by atoms with Gasteiger partial charge in [0.15, 0.2) is 9.84 Å². The zero-order valence-electron chi connectivity index (χ0n) is 12.1. The molecule has 0 aromatic heterocycles. The topological polar surface area (TPSA) is 57.9 Å². The van der Waals surface area contributed by atoms with Crippen LogP contribution in [0.25, 0.3) is 5.57 Å². The number of unbranched alkanes of at least 4 members (excludes halogenated alkanes) is 1. The van der Waals surface area contributed by atoms with Gasteiger partial charge in [0.1, 0.15) is 0 Å². The zero-order valence-corrected chi connectivity index (χ0v) is 13.0. The molecule has 0 fully saturated rings. The molecule has 0 unspecified atom stereocenters. The molecule has 22 heavy (non-hydrogen) atoms. The minimum atomic E-state index is -3.36. The van der Waals surface area contributed by atoms with Crippen LogP contribution in [0.2, 0.25) is 0 Å². The maximum Gasteiger partial charge on any atom is 0.172 e. The maximum atomic E-state index is 12.3. The second-order valence-electron chi connectivity index (χ2n) is 4.89. The Morgan fingerprint density at radius 3 is 1.91 bits per heavy atom. The van der Waals surface area contributed by atoms with Crippen molar-refractivity contribution in [2.45, 2.75) is 12.8 Å². The van der Waals surface area contributed by atoms with Crippen LogP contribution >= 0.6 is 0 Å². The first-order valence-electron chi connectivity index (χ1n) is 7.04. The molecule has 2 aromatic carbocycles. The van der Waals surface area contributed by atoms with Crippen molar-refractivity contribution in [1.29, 1.82) is 5.26 Å². The van der Waals surface area contributed by atoms with Crippen LogP contribution in [0.3, 0.4) is 0 Å². The van der Waals surface area contributed by atoms with Crippen molar-refractivity contribution in [2.24, 2.45) is 0 Å². The Morgan fingerprint density at radius 2 is 1.45 bits per heavy atom. The third kappa shape index (κ3) is 4.57. The number of hydrogen-bond donors (Lipinski definition) is 0. The lowest BCUT2D eigenvalue weighted by atomic mass is 10.00. The van der Waals surface area contributed by atoms with Crippen molar-refractivity contribution in [3.63, 3.8) is 0 Å². The fraction of sp³-hybridized carbons (Fsp3) is 0.167. The Kier molecular flexibility index (Phi) is 5.51. The van der Waals surface area contributed by atoms with Crippen LogP contribution in [0, 0.1) is 11.3 Å². The molecule has 2 rings (SSSR count). The molecule has 0 radical (unpaired) electrons. The quantitative estimate of drug-likeness (QED) is 0.763. The molecule has 0 spiro atoms. The Hall–Kier alpha value is -2.38. The first-order chi connectivity index (χ1) is 10.6. The molecular weight excluding hydrogens is 294 g/mol. The minimum Gasteiger partial charge on any atom is -0.224 e. The summed E-state index contributed by atoms with van der Waals surface area (Å²) >= 11 is 0. The standard InChI is InChI=1S/C18H17NO2S/c19-13-7-8-14-22(20,21)15-18(16-9-3-1-4-10-16)17-11-5-2-6-12-17/h1-6,9-12,15H,7-8,14H2. The van der Waals surface area contributed by atoms with Gasteiger partial charge in [-0.1, -0.05) is 60.7 Å². The van der Waals surface area contributed by atoms with Gasteiger partial charge in [0, 0.05) is 17.4 Å². The van der Waals surface area contributed by atoms with Crippen LogP contribution in [-0.4, -0.2) is 14.2 Å². The van der Waals surface area contributed by atoms with Crippen molar-refractivity contribution in [3.8, 4) is 6.07 Å². The van der Waals surface area contributed by atoms with Gasteiger partial charge < -0.3 is 0 Å². The zero-order chi connectivity index (χ0) is 15.8. The van der Waals surface area contributed by atoms with E-state index in [4.69, 9.17) is 5.26 Å². The molecule has 0 heterocycles. The van der Waals surface area contributed by atoms with E-state index in [2.05, 4.69) is 0 Å². The third-order valence-electron chi connectivity index (χ3n) is 3.18. The van der Waals surface area contributed by atoms with E-state index in [0.717, 1.165) is 11.1 Å². The lowest BCUT2D eigenvalue weighted by molar-refractivity contribution is 0.602. The van der Waals surface area contributed by atoms with Gasteiger partial charge >= 0.3 is 0 Å². The summed E-state index contributed by atoms with van der Waals surface area (Å²) in [4.78, 5) is 0. The highest BCUT2D eigenvalue weighted by molar-refractivity contribution is 7.94. The van der Waals surface area contributed by atoms with Crippen molar-refractivity contribution < 1.29 is 8.42 Å². The van der Waals surface area contributed by atoms with E-state index in [1.165, 1.54) is 5.41 Å². The van der Waals surface area contributed by atoms with Crippen molar-refractivity contribution in [2.75, 3.05) is 5.75 Å². The normalized spacial score (nSPS) is 10.7. The number of hydrogen-bond acceptors (Lipinski definition) is 3. The van der Waals surface area contributed by atoms with Crippen molar-refractivity contribution in [1.82, 2.24) is 0 Å². The average molecular weight is 311 g/mol. The van der Waals surface area contributed by atoms with Crippen LogP contribution in [0.1, 0.15) is 24.0 Å². The summed E-state index contributed by atoms with van der Waals surface area (Å²) in [5, 5.41) is 9.87. The molecule has 0 bridgehead atoms. The smallest absolute Gasteiger partial charge is 0.172 e. The molecule has 0 atom stereocenters. The lowest BCUT2D eigenvalue weighted by Crippen LogP contribution is -2.04. The predicted molar refractivity (Wildman–Crippen MR) is 88.6 cm³/mol. The van der Waals surface area contributed by atoms with Gasteiger partial charge in [-0.2, -0.15) is 5.26 Å². The summed E-state index contributed by atoms with van der Waals surface area (Å²) in [6.45, 7) is 0. The molecule has 0 aliphatic rings. The van der Waals surface area contributed by atoms with Crippen LogP contribution in [0.4, 0.5) is 0 Å². The van der Waals surface area contributed by atoms with Crippen LogP contribution in [0.15, 0.2) is 66.1 Å². The second-order valence-corrected chi connectivity index (χ2v) is 6.86. The Bertz CT molecular complexity index is 731. The highest BCUT2D eigenvalue weighted by Crippen LogP contribution is 2.24. The number of benzene rings is 2. The molecular formula is C18H17NO2S. The van der Waals surface area contributed by atoms with E-state index in [9.17, 15) is 8.42 Å². The number of rotatable bonds is 6. The minimum absolute atomic E-state index is 0.0102. The van der Waals surface area contributed by atoms with Gasteiger partial charge in [0.05, 0.1) is 11.8 Å². The molecule has 112 valence electrons. The van der Waals surface area contributed by atoms with Gasteiger partial charge in [-0.3, -0.25) is 0 Å². The summed E-state index contributed by atoms with van der Waals surface area (Å²) in [6.07, 6.45) is 0.602.